The van der Waals surface area contributed by atoms with Gasteiger partial charge in [-0.05, 0) is 36.8 Å². The quantitative estimate of drug-likeness (QED) is 0.488. The highest BCUT2D eigenvalue weighted by Crippen LogP contribution is 2.36. The number of aromatic amines is 1. The smallest absolute Gasteiger partial charge is 0.257 e. The molecule has 2 aromatic heterocycles. The molecule has 1 amide bonds. The van der Waals surface area contributed by atoms with Crippen molar-refractivity contribution < 1.29 is 14.3 Å². The van der Waals surface area contributed by atoms with E-state index in [-0.39, 0.29) is 11.9 Å². The summed E-state index contributed by atoms with van der Waals surface area (Å²) in [5, 5.41) is 8.39. The largest absolute Gasteiger partial charge is 0.497 e. The molecule has 0 radical (unpaired) electrons. The van der Waals surface area contributed by atoms with Crippen LogP contribution in [0.1, 0.15) is 28.6 Å². The number of aromatic nitrogens is 5. The molecule has 9 nitrogen and oxygen atoms in total. The van der Waals surface area contributed by atoms with E-state index < -0.39 is 0 Å². The Morgan fingerprint density at radius 2 is 1.81 bits per heavy atom. The Bertz CT molecular complexity index is 1310. The number of fused-ring (bicyclic) bond motifs is 1. The van der Waals surface area contributed by atoms with Crippen molar-refractivity contribution in [3.8, 4) is 17.2 Å². The van der Waals surface area contributed by atoms with E-state index in [9.17, 15) is 4.79 Å². The summed E-state index contributed by atoms with van der Waals surface area (Å²) in [6.07, 6.45) is 3.77. The van der Waals surface area contributed by atoms with E-state index in [4.69, 9.17) is 14.5 Å². The minimum absolute atomic E-state index is 0.169. The lowest BCUT2D eigenvalue weighted by Gasteiger charge is -2.24. The summed E-state index contributed by atoms with van der Waals surface area (Å²) < 4.78 is 10.7. The maximum atomic E-state index is 13.8. The number of benzene rings is 2. The summed E-state index contributed by atoms with van der Waals surface area (Å²) in [6.45, 7) is 4.57. The molecule has 32 heavy (non-hydrogen) atoms. The molecule has 2 aromatic carbocycles. The van der Waals surface area contributed by atoms with Crippen LogP contribution in [-0.2, 0) is 0 Å². The molecule has 5 rings (SSSR count). The topological polar surface area (TPSA) is 98.2 Å². The third-order valence-electron chi connectivity index (χ3n) is 5.60. The van der Waals surface area contributed by atoms with Crippen molar-refractivity contribution in [2.75, 3.05) is 20.8 Å². The van der Waals surface area contributed by atoms with Gasteiger partial charge in [-0.15, -0.1) is 0 Å². The van der Waals surface area contributed by atoms with Gasteiger partial charge in [-0.25, -0.2) is 4.98 Å². The minimum atomic E-state index is -0.266. The second-order valence-corrected chi connectivity index (χ2v) is 7.61. The maximum Gasteiger partial charge on any atom is 0.257 e. The fourth-order valence-corrected chi connectivity index (χ4v) is 4.03. The zero-order chi connectivity index (χ0) is 22.2. The highest BCUT2D eigenvalue weighted by molar-refractivity contribution is 5.99. The predicted octanol–water partition coefficient (Wildman–Crippen LogP) is 3.30. The Hall–Kier alpha value is -4.14. The van der Waals surface area contributed by atoms with Crippen LogP contribution in [0.4, 0.5) is 0 Å². The van der Waals surface area contributed by atoms with Crippen LogP contribution in [0.2, 0.25) is 0 Å². The number of rotatable bonds is 5. The monoisotopic (exact) mass is 430 g/mol. The van der Waals surface area contributed by atoms with Crippen LogP contribution in [0.15, 0.2) is 60.9 Å². The SMILES string of the molecule is C=C1C[C@@H](c2nc3ccc(OC)cc3[nH]2)N(C(=O)c2cc(OC)ccc2-n2nccn2)C1. The van der Waals surface area contributed by atoms with E-state index in [0.29, 0.717) is 35.8 Å². The zero-order valence-electron chi connectivity index (χ0n) is 17.8. The van der Waals surface area contributed by atoms with Crippen molar-refractivity contribution in [3.63, 3.8) is 0 Å². The molecule has 4 aromatic rings. The van der Waals surface area contributed by atoms with Crippen LogP contribution < -0.4 is 9.47 Å². The molecular weight excluding hydrogens is 408 g/mol. The number of hydrogen-bond donors (Lipinski definition) is 1. The molecule has 0 spiro atoms. The number of carbonyl (C=O) groups is 1. The lowest BCUT2D eigenvalue weighted by molar-refractivity contribution is 0.0732. The number of H-pyrrole nitrogens is 1. The first-order valence-corrected chi connectivity index (χ1v) is 10.1. The molecule has 0 bridgehead atoms. The molecule has 3 heterocycles. The van der Waals surface area contributed by atoms with Crippen molar-refractivity contribution in [1.29, 1.82) is 0 Å². The highest BCUT2D eigenvalue weighted by Gasteiger charge is 2.36. The third kappa shape index (κ3) is 3.37. The van der Waals surface area contributed by atoms with Crippen LogP contribution in [0.3, 0.4) is 0 Å². The molecule has 1 aliphatic rings. The molecule has 9 heteroatoms. The standard InChI is InChI=1S/C23H22N6O3/c1-14-10-21(22-26-18-6-4-16(32-3)12-19(18)27-22)28(13-14)23(30)17-11-15(31-2)5-7-20(17)29-24-8-9-25-29/h4-9,11-12,21H,1,10,13H2,2-3H3,(H,26,27)/t21-/m0/s1. The first-order chi connectivity index (χ1) is 15.6. The molecule has 1 aliphatic heterocycles. The van der Waals surface area contributed by atoms with Gasteiger partial charge in [0, 0.05) is 12.6 Å². The lowest BCUT2D eigenvalue weighted by atomic mass is 10.1. The van der Waals surface area contributed by atoms with Gasteiger partial charge in [-0.3, -0.25) is 4.79 Å². The number of hydrogen-bond acceptors (Lipinski definition) is 6. The van der Waals surface area contributed by atoms with Crippen molar-refractivity contribution in [2.24, 2.45) is 0 Å². The van der Waals surface area contributed by atoms with Gasteiger partial charge in [0.2, 0.25) is 0 Å². The van der Waals surface area contributed by atoms with Gasteiger partial charge in [0.25, 0.3) is 5.91 Å². The van der Waals surface area contributed by atoms with Crippen LogP contribution in [0.25, 0.3) is 16.7 Å². The molecule has 162 valence electrons. The summed E-state index contributed by atoms with van der Waals surface area (Å²) in [5.41, 5.74) is 3.65. The van der Waals surface area contributed by atoms with Gasteiger partial charge in [0.15, 0.2) is 0 Å². The zero-order valence-corrected chi connectivity index (χ0v) is 17.8. The van der Waals surface area contributed by atoms with E-state index in [0.717, 1.165) is 22.4 Å². The van der Waals surface area contributed by atoms with Crippen molar-refractivity contribution in [2.45, 2.75) is 12.5 Å². The average Bonchev–Trinajstić information content (AvgIpc) is 3.56. The first kappa shape index (κ1) is 19.8. The summed E-state index contributed by atoms with van der Waals surface area (Å²) in [6, 6.07) is 10.7. The number of nitrogens with one attached hydrogen (secondary N) is 1. The second-order valence-electron chi connectivity index (χ2n) is 7.61. The number of imidazole rings is 1. The van der Waals surface area contributed by atoms with Crippen molar-refractivity contribution >= 4 is 16.9 Å². The second kappa shape index (κ2) is 7.84. The summed E-state index contributed by atoms with van der Waals surface area (Å²) >= 11 is 0. The number of carbonyl (C=O) groups excluding carboxylic acids is 1. The fraction of sp³-hybridized carbons (Fsp3) is 0.217. The van der Waals surface area contributed by atoms with Crippen LogP contribution in [0, 0.1) is 0 Å². The normalized spacial score (nSPS) is 16.0. The van der Waals surface area contributed by atoms with Gasteiger partial charge in [-0.1, -0.05) is 12.2 Å². The number of amides is 1. The lowest BCUT2D eigenvalue weighted by Crippen LogP contribution is -2.32. The van der Waals surface area contributed by atoms with Crippen LogP contribution in [0.5, 0.6) is 11.5 Å². The Balaban J connectivity index is 1.55. The number of ether oxygens (including phenoxy) is 2. The first-order valence-electron chi connectivity index (χ1n) is 10.1. The summed E-state index contributed by atoms with van der Waals surface area (Å²) in [5.74, 6) is 1.86. The average molecular weight is 430 g/mol. The molecule has 1 N–H and O–H groups in total. The van der Waals surface area contributed by atoms with E-state index in [2.05, 4.69) is 21.8 Å². The van der Waals surface area contributed by atoms with Crippen LogP contribution in [-0.4, -0.2) is 56.5 Å². The minimum Gasteiger partial charge on any atom is -0.497 e. The fourth-order valence-electron chi connectivity index (χ4n) is 4.03. The van der Waals surface area contributed by atoms with E-state index in [1.54, 1.807) is 49.7 Å². The summed E-state index contributed by atoms with van der Waals surface area (Å²) in [4.78, 5) is 25.1. The molecule has 1 fully saturated rings. The van der Waals surface area contributed by atoms with Crippen LogP contribution >= 0.6 is 0 Å². The molecule has 1 saturated heterocycles. The van der Waals surface area contributed by atoms with Gasteiger partial charge >= 0.3 is 0 Å². The van der Waals surface area contributed by atoms with Crippen molar-refractivity contribution in [1.82, 2.24) is 29.9 Å². The van der Waals surface area contributed by atoms with Gasteiger partial charge < -0.3 is 19.4 Å². The molecule has 0 aliphatic carbocycles. The van der Waals surface area contributed by atoms with Crippen molar-refractivity contribution in [3.05, 3.63) is 72.3 Å². The van der Waals surface area contributed by atoms with E-state index in [1.165, 1.54) is 4.80 Å². The molecular formula is C23H22N6O3. The van der Waals surface area contributed by atoms with Gasteiger partial charge in [0.05, 0.1) is 54.9 Å². The number of methoxy groups -OCH3 is 2. The molecule has 1 atom stereocenters. The Morgan fingerprint density at radius 1 is 1.09 bits per heavy atom. The van der Waals surface area contributed by atoms with E-state index >= 15 is 0 Å². The number of nitrogens with zero attached hydrogens (tertiary/aromatic N) is 5. The predicted molar refractivity (Wildman–Crippen MR) is 118 cm³/mol. The van der Waals surface area contributed by atoms with Gasteiger partial charge in [-0.2, -0.15) is 15.0 Å². The Labute approximate surface area is 184 Å². The third-order valence-corrected chi connectivity index (χ3v) is 5.60. The maximum absolute atomic E-state index is 13.8. The Morgan fingerprint density at radius 3 is 2.56 bits per heavy atom. The molecule has 0 saturated carbocycles. The van der Waals surface area contributed by atoms with E-state index in [1.807, 2.05) is 18.2 Å². The number of likely N-dealkylation sites (tertiary alicyclic amines) is 1. The Kier molecular flexibility index (Phi) is 4.85. The van der Waals surface area contributed by atoms with Gasteiger partial charge in [0.1, 0.15) is 17.3 Å². The highest BCUT2D eigenvalue weighted by atomic mass is 16.5. The molecule has 0 unspecified atom stereocenters. The summed E-state index contributed by atoms with van der Waals surface area (Å²) in [7, 11) is 3.19.